The van der Waals surface area contributed by atoms with Crippen LogP contribution in [0.1, 0.15) is 11.1 Å². The molecule has 4 heteroatoms. The van der Waals surface area contributed by atoms with Crippen molar-refractivity contribution in [3.63, 3.8) is 0 Å². The molecule has 1 saturated heterocycles. The standard InChI is InChI=1S/C10H12BBrO2/c1-7-6-10(12)8(2)5-9(7)11-13-3-4-14-11/h5-6H,3-4H2,1-2H3. The molecule has 1 aliphatic heterocycles. The molecule has 74 valence electrons. The van der Waals surface area contributed by atoms with E-state index < -0.39 is 0 Å². The summed E-state index contributed by atoms with van der Waals surface area (Å²) in [5.41, 5.74) is 3.56. The van der Waals surface area contributed by atoms with Gasteiger partial charge in [0.1, 0.15) is 0 Å². The zero-order valence-electron chi connectivity index (χ0n) is 8.34. The van der Waals surface area contributed by atoms with Gasteiger partial charge in [-0.25, -0.2) is 0 Å². The topological polar surface area (TPSA) is 18.5 Å². The third kappa shape index (κ3) is 1.87. The van der Waals surface area contributed by atoms with Gasteiger partial charge >= 0.3 is 7.12 Å². The van der Waals surface area contributed by atoms with Crippen LogP contribution in [0, 0.1) is 13.8 Å². The maximum atomic E-state index is 5.48. The molecule has 1 heterocycles. The van der Waals surface area contributed by atoms with Crippen molar-refractivity contribution in [1.29, 1.82) is 0 Å². The van der Waals surface area contributed by atoms with Crippen LogP contribution < -0.4 is 5.46 Å². The Morgan fingerprint density at radius 1 is 1.14 bits per heavy atom. The van der Waals surface area contributed by atoms with Gasteiger partial charge in [-0.1, -0.05) is 27.6 Å². The van der Waals surface area contributed by atoms with Crippen LogP contribution in [-0.2, 0) is 9.31 Å². The lowest BCUT2D eigenvalue weighted by molar-refractivity contribution is 0.365. The van der Waals surface area contributed by atoms with Crippen LogP contribution in [0.3, 0.4) is 0 Å². The van der Waals surface area contributed by atoms with Gasteiger partial charge in [-0.05, 0) is 30.9 Å². The van der Waals surface area contributed by atoms with Crippen molar-refractivity contribution in [3.05, 3.63) is 27.7 Å². The Kier molecular flexibility index (Phi) is 2.95. The smallest absolute Gasteiger partial charge is 0.405 e. The Bertz CT molecular complexity index is 348. The van der Waals surface area contributed by atoms with Gasteiger partial charge in [-0.2, -0.15) is 0 Å². The minimum atomic E-state index is -0.165. The quantitative estimate of drug-likeness (QED) is 0.712. The van der Waals surface area contributed by atoms with Crippen LogP contribution in [0.4, 0.5) is 0 Å². The van der Waals surface area contributed by atoms with Gasteiger partial charge < -0.3 is 9.31 Å². The first-order valence-electron chi connectivity index (χ1n) is 4.68. The van der Waals surface area contributed by atoms with Gasteiger partial charge in [0.15, 0.2) is 0 Å². The Balaban J connectivity index is 2.37. The highest BCUT2D eigenvalue weighted by Gasteiger charge is 2.27. The van der Waals surface area contributed by atoms with Crippen molar-refractivity contribution in [1.82, 2.24) is 0 Å². The summed E-state index contributed by atoms with van der Waals surface area (Å²) in [7, 11) is -0.165. The summed E-state index contributed by atoms with van der Waals surface area (Å²) in [5, 5.41) is 0. The molecule has 1 fully saturated rings. The molecule has 0 aliphatic carbocycles. The molecule has 0 aromatic heterocycles. The SMILES string of the molecule is Cc1cc(B2OCCO2)c(C)cc1Br. The molecule has 1 aromatic rings. The van der Waals surface area contributed by atoms with E-state index in [4.69, 9.17) is 9.31 Å². The lowest BCUT2D eigenvalue weighted by atomic mass is 9.76. The highest BCUT2D eigenvalue weighted by atomic mass is 79.9. The van der Waals surface area contributed by atoms with Gasteiger partial charge in [-0.15, -0.1) is 0 Å². The van der Waals surface area contributed by atoms with Gasteiger partial charge in [0, 0.05) is 4.47 Å². The fraction of sp³-hybridized carbons (Fsp3) is 0.400. The molecule has 0 N–H and O–H groups in total. The van der Waals surface area contributed by atoms with Crippen LogP contribution >= 0.6 is 15.9 Å². The lowest BCUT2D eigenvalue weighted by Crippen LogP contribution is -2.34. The van der Waals surface area contributed by atoms with E-state index >= 15 is 0 Å². The van der Waals surface area contributed by atoms with E-state index in [9.17, 15) is 0 Å². The summed E-state index contributed by atoms with van der Waals surface area (Å²) in [6.45, 7) is 5.53. The second-order valence-electron chi connectivity index (χ2n) is 3.53. The summed E-state index contributed by atoms with van der Waals surface area (Å²) in [5.74, 6) is 0. The largest absolute Gasteiger partial charge is 0.494 e. The van der Waals surface area contributed by atoms with Crippen LogP contribution in [-0.4, -0.2) is 20.3 Å². The summed E-state index contributed by atoms with van der Waals surface area (Å²) >= 11 is 3.51. The van der Waals surface area contributed by atoms with Crippen molar-refractivity contribution in [2.45, 2.75) is 13.8 Å². The number of halogens is 1. The summed E-state index contributed by atoms with van der Waals surface area (Å²) in [6.07, 6.45) is 0. The van der Waals surface area contributed by atoms with E-state index in [-0.39, 0.29) is 7.12 Å². The van der Waals surface area contributed by atoms with E-state index in [0.29, 0.717) is 13.2 Å². The molecule has 0 amide bonds. The minimum absolute atomic E-state index is 0.165. The third-order valence-electron chi connectivity index (χ3n) is 2.42. The Morgan fingerprint density at radius 2 is 1.79 bits per heavy atom. The second-order valence-corrected chi connectivity index (χ2v) is 4.39. The maximum Gasteiger partial charge on any atom is 0.494 e. The molecule has 0 atom stereocenters. The van der Waals surface area contributed by atoms with Crippen LogP contribution in [0.25, 0.3) is 0 Å². The molecule has 0 unspecified atom stereocenters. The van der Waals surface area contributed by atoms with Gasteiger partial charge in [0.05, 0.1) is 13.2 Å². The molecule has 0 radical (unpaired) electrons. The summed E-state index contributed by atoms with van der Waals surface area (Å²) in [4.78, 5) is 0. The van der Waals surface area contributed by atoms with E-state index in [0.717, 1.165) is 9.94 Å². The number of benzene rings is 1. The molecule has 14 heavy (non-hydrogen) atoms. The Morgan fingerprint density at radius 3 is 2.43 bits per heavy atom. The molecule has 2 nitrogen and oxygen atoms in total. The van der Waals surface area contributed by atoms with Crippen LogP contribution in [0.2, 0.25) is 0 Å². The summed E-state index contributed by atoms with van der Waals surface area (Å²) < 4.78 is 12.1. The number of hydrogen-bond acceptors (Lipinski definition) is 2. The molecular formula is C10H12BBrO2. The maximum absolute atomic E-state index is 5.48. The molecular weight excluding hydrogens is 243 g/mol. The van der Waals surface area contributed by atoms with Gasteiger partial charge in [0.2, 0.25) is 0 Å². The number of hydrogen-bond donors (Lipinski definition) is 0. The molecule has 2 rings (SSSR count). The predicted molar refractivity (Wildman–Crippen MR) is 60.9 cm³/mol. The predicted octanol–water partition coefficient (Wildman–Crippen LogP) is 1.81. The lowest BCUT2D eigenvalue weighted by Gasteiger charge is -2.10. The van der Waals surface area contributed by atoms with Crippen molar-refractivity contribution in [3.8, 4) is 0 Å². The fourth-order valence-corrected chi connectivity index (χ4v) is 2.05. The number of rotatable bonds is 1. The zero-order chi connectivity index (χ0) is 10.1. The van der Waals surface area contributed by atoms with Crippen molar-refractivity contribution in [2.24, 2.45) is 0 Å². The van der Waals surface area contributed by atoms with Crippen LogP contribution in [0.15, 0.2) is 16.6 Å². The first-order chi connectivity index (χ1) is 6.68. The highest BCUT2D eigenvalue weighted by molar-refractivity contribution is 9.10. The van der Waals surface area contributed by atoms with E-state index in [1.54, 1.807) is 0 Å². The minimum Gasteiger partial charge on any atom is -0.405 e. The van der Waals surface area contributed by atoms with Gasteiger partial charge in [0.25, 0.3) is 0 Å². The highest BCUT2D eigenvalue weighted by Crippen LogP contribution is 2.17. The van der Waals surface area contributed by atoms with Crippen molar-refractivity contribution >= 4 is 28.5 Å². The first-order valence-corrected chi connectivity index (χ1v) is 5.47. The van der Waals surface area contributed by atoms with E-state index in [1.807, 2.05) is 0 Å². The monoisotopic (exact) mass is 254 g/mol. The summed E-state index contributed by atoms with van der Waals surface area (Å²) in [6, 6.07) is 4.23. The Labute approximate surface area is 92.9 Å². The van der Waals surface area contributed by atoms with E-state index in [1.165, 1.54) is 11.1 Å². The van der Waals surface area contributed by atoms with Gasteiger partial charge in [-0.3, -0.25) is 0 Å². The molecule has 1 aromatic carbocycles. The Hall–Kier alpha value is -0.315. The molecule has 0 spiro atoms. The normalized spacial score (nSPS) is 16.4. The molecule has 0 bridgehead atoms. The molecule has 0 saturated carbocycles. The fourth-order valence-electron chi connectivity index (χ4n) is 1.60. The van der Waals surface area contributed by atoms with Crippen molar-refractivity contribution in [2.75, 3.05) is 13.2 Å². The first kappa shape index (κ1) is 10.2. The van der Waals surface area contributed by atoms with E-state index in [2.05, 4.69) is 41.9 Å². The molecule has 1 aliphatic rings. The van der Waals surface area contributed by atoms with Crippen LogP contribution in [0.5, 0.6) is 0 Å². The average Bonchev–Trinajstić information content (AvgIpc) is 2.64. The second kappa shape index (κ2) is 4.05. The average molecular weight is 255 g/mol. The number of aryl methyl sites for hydroxylation is 2. The zero-order valence-corrected chi connectivity index (χ0v) is 9.93. The van der Waals surface area contributed by atoms with Crippen molar-refractivity contribution < 1.29 is 9.31 Å². The third-order valence-corrected chi connectivity index (χ3v) is 3.28.